The van der Waals surface area contributed by atoms with Crippen LogP contribution in [0.3, 0.4) is 0 Å². The maximum absolute atomic E-state index is 12.7. The Morgan fingerprint density at radius 2 is 1.63 bits per heavy atom. The number of carbonyl (C=O) groups excluding carboxylic acids is 1. The Bertz CT molecular complexity index is 1270. The number of benzene rings is 3. The fourth-order valence-electron chi connectivity index (χ4n) is 3.62. The molecule has 0 spiro atoms. The van der Waals surface area contributed by atoms with Crippen LogP contribution in [0.1, 0.15) is 21.5 Å². The van der Waals surface area contributed by atoms with Gasteiger partial charge in [0.05, 0.1) is 0 Å². The summed E-state index contributed by atoms with van der Waals surface area (Å²) in [5, 5.41) is 3.54. The third-order valence-corrected chi connectivity index (χ3v) is 4.94. The molecule has 1 aromatic heterocycles. The quantitative estimate of drug-likeness (QED) is 0.471. The number of para-hydroxylation sites is 1. The molecule has 3 aromatic carbocycles. The van der Waals surface area contributed by atoms with Gasteiger partial charge in [0, 0.05) is 11.1 Å². The summed E-state index contributed by atoms with van der Waals surface area (Å²) in [7, 11) is 0. The van der Waals surface area contributed by atoms with Crippen LogP contribution in [0.4, 0.5) is 5.69 Å². The van der Waals surface area contributed by atoms with Crippen molar-refractivity contribution in [3.8, 4) is 11.1 Å². The van der Waals surface area contributed by atoms with Crippen molar-refractivity contribution in [2.24, 2.45) is 0 Å². The molecule has 4 heteroatoms. The van der Waals surface area contributed by atoms with Crippen LogP contribution in [0.2, 0.25) is 0 Å². The highest BCUT2D eigenvalue weighted by Crippen LogP contribution is 2.37. The Balaban J connectivity index is 1.49. The van der Waals surface area contributed by atoms with Gasteiger partial charge in [-0.2, -0.15) is 0 Å². The van der Waals surface area contributed by atoms with Crippen LogP contribution in [0, 0.1) is 0 Å². The van der Waals surface area contributed by atoms with E-state index in [0.717, 1.165) is 12.0 Å². The zero-order valence-electron chi connectivity index (χ0n) is 14.4. The van der Waals surface area contributed by atoms with E-state index >= 15 is 0 Å². The summed E-state index contributed by atoms with van der Waals surface area (Å²) < 4.78 is 5.26. The second-order valence-electron chi connectivity index (χ2n) is 6.65. The van der Waals surface area contributed by atoms with Gasteiger partial charge in [-0.05, 0) is 52.9 Å². The van der Waals surface area contributed by atoms with Crippen LogP contribution in [0.5, 0.6) is 0 Å². The smallest absolute Gasteiger partial charge is 0.349 e. The summed E-state index contributed by atoms with van der Waals surface area (Å²) in [6.45, 7) is 0. The van der Waals surface area contributed by atoms with E-state index in [1.165, 1.54) is 16.7 Å². The number of fused-ring (bicyclic) bond motifs is 4. The lowest BCUT2D eigenvalue weighted by atomic mass is 10.1. The van der Waals surface area contributed by atoms with Crippen LogP contribution in [-0.4, -0.2) is 5.91 Å². The molecule has 0 aliphatic heterocycles. The molecule has 0 bridgehead atoms. The van der Waals surface area contributed by atoms with Crippen LogP contribution >= 0.6 is 0 Å². The molecular weight excluding hydrogens is 338 g/mol. The average molecular weight is 353 g/mol. The molecule has 130 valence electrons. The van der Waals surface area contributed by atoms with Gasteiger partial charge in [0.15, 0.2) is 0 Å². The summed E-state index contributed by atoms with van der Waals surface area (Å²) in [5.41, 5.74) is 5.30. The topological polar surface area (TPSA) is 59.3 Å². The van der Waals surface area contributed by atoms with Gasteiger partial charge in [-0.15, -0.1) is 0 Å². The average Bonchev–Trinajstić information content (AvgIpc) is 3.05. The third-order valence-electron chi connectivity index (χ3n) is 4.94. The van der Waals surface area contributed by atoms with Gasteiger partial charge < -0.3 is 9.73 Å². The molecule has 0 saturated heterocycles. The monoisotopic (exact) mass is 353 g/mol. The second kappa shape index (κ2) is 5.95. The first-order valence-corrected chi connectivity index (χ1v) is 8.74. The summed E-state index contributed by atoms with van der Waals surface area (Å²) in [4.78, 5) is 24.8. The van der Waals surface area contributed by atoms with Crippen molar-refractivity contribution in [1.29, 1.82) is 0 Å². The summed E-state index contributed by atoms with van der Waals surface area (Å²) in [5.74, 6) is -0.472. The SMILES string of the molecule is O=C(Nc1ccc2c(c1)-c1ccccc1C2)c1cc2ccccc2oc1=O. The predicted octanol–water partition coefficient (Wildman–Crippen LogP) is 4.62. The van der Waals surface area contributed by atoms with Gasteiger partial charge >= 0.3 is 5.63 Å². The molecule has 0 fully saturated rings. The van der Waals surface area contributed by atoms with Crippen LogP contribution < -0.4 is 10.9 Å². The molecule has 4 nitrogen and oxygen atoms in total. The van der Waals surface area contributed by atoms with Crippen molar-refractivity contribution in [3.05, 3.63) is 99.9 Å². The Morgan fingerprint density at radius 3 is 2.56 bits per heavy atom. The summed E-state index contributed by atoms with van der Waals surface area (Å²) in [6.07, 6.45) is 0.897. The molecule has 27 heavy (non-hydrogen) atoms. The van der Waals surface area contributed by atoms with Gasteiger partial charge in [-0.3, -0.25) is 4.79 Å². The first kappa shape index (κ1) is 15.6. The largest absolute Gasteiger partial charge is 0.422 e. The number of hydrogen-bond acceptors (Lipinski definition) is 3. The fourth-order valence-corrected chi connectivity index (χ4v) is 3.62. The number of amides is 1. The first-order chi connectivity index (χ1) is 13.2. The molecule has 1 heterocycles. The number of anilines is 1. The maximum Gasteiger partial charge on any atom is 0.349 e. The third kappa shape index (κ3) is 2.62. The highest BCUT2D eigenvalue weighted by molar-refractivity contribution is 6.05. The lowest BCUT2D eigenvalue weighted by Gasteiger charge is -2.08. The predicted molar refractivity (Wildman–Crippen MR) is 105 cm³/mol. The Morgan fingerprint density at radius 1 is 0.852 bits per heavy atom. The molecule has 4 aromatic rings. The fraction of sp³-hybridized carbons (Fsp3) is 0.0435. The lowest BCUT2D eigenvalue weighted by Crippen LogP contribution is -2.20. The van der Waals surface area contributed by atoms with E-state index in [-0.39, 0.29) is 5.56 Å². The zero-order valence-corrected chi connectivity index (χ0v) is 14.4. The molecule has 1 aliphatic rings. The summed E-state index contributed by atoms with van der Waals surface area (Å²) in [6, 6.07) is 22.8. The van der Waals surface area contributed by atoms with Crippen LogP contribution in [-0.2, 0) is 6.42 Å². The highest BCUT2D eigenvalue weighted by atomic mass is 16.4. The van der Waals surface area contributed by atoms with E-state index in [4.69, 9.17) is 4.42 Å². The number of carbonyl (C=O) groups is 1. The van der Waals surface area contributed by atoms with Gasteiger partial charge in [0.25, 0.3) is 5.91 Å². The molecule has 0 unspecified atom stereocenters. The van der Waals surface area contributed by atoms with Crippen molar-refractivity contribution in [2.75, 3.05) is 5.32 Å². The molecule has 0 saturated carbocycles. The van der Waals surface area contributed by atoms with E-state index in [9.17, 15) is 9.59 Å². The minimum absolute atomic E-state index is 0.00500. The molecule has 1 amide bonds. The molecule has 1 aliphatic carbocycles. The van der Waals surface area contributed by atoms with E-state index in [0.29, 0.717) is 16.7 Å². The maximum atomic E-state index is 12.7. The highest BCUT2D eigenvalue weighted by Gasteiger charge is 2.19. The molecule has 1 N–H and O–H groups in total. The van der Waals surface area contributed by atoms with Crippen molar-refractivity contribution in [2.45, 2.75) is 6.42 Å². The van der Waals surface area contributed by atoms with Crippen LogP contribution in [0.25, 0.3) is 22.1 Å². The first-order valence-electron chi connectivity index (χ1n) is 8.74. The molecule has 0 atom stereocenters. The number of hydrogen-bond donors (Lipinski definition) is 1. The second-order valence-corrected chi connectivity index (χ2v) is 6.65. The van der Waals surface area contributed by atoms with Crippen molar-refractivity contribution >= 4 is 22.6 Å². The standard InChI is InChI=1S/C23H15NO3/c25-22(20-12-16-6-2-4-8-21(16)27-23(20)26)24-17-10-9-15-11-14-5-1-3-7-18(14)19(15)13-17/h1-10,12-13H,11H2,(H,24,25). The van der Waals surface area contributed by atoms with Gasteiger partial charge in [0.2, 0.25) is 0 Å². The Labute approximate surface area is 155 Å². The minimum Gasteiger partial charge on any atom is -0.422 e. The van der Waals surface area contributed by atoms with E-state index in [1.807, 2.05) is 36.4 Å². The van der Waals surface area contributed by atoms with Gasteiger partial charge in [0.1, 0.15) is 11.1 Å². The Hall–Kier alpha value is -3.66. The van der Waals surface area contributed by atoms with Gasteiger partial charge in [-0.1, -0.05) is 48.5 Å². The molecular formula is C23H15NO3. The van der Waals surface area contributed by atoms with Crippen molar-refractivity contribution in [1.82, 2.24) is 0 Å². The Kier molecular flexibility index (Phi) is 3.44. The van der Waals surface area contributed by atoms with Gasteiger partial charge in [-0.25, -0.2) is 4.79 Å². The number of rotatable bonds is 2. The normalized spacial score (nSPS) is 11.9. The van der Waals surface area contributed by atoms with Crippen LogP contribution in [0.15, 0.2) is 82.0 Å². The minimum atomic E-state index is -0.641. The number of nitrogens with one attached hydrogen (secondary N) is 1. The summed E-state index contributed by atoms with van der Waals surface area (Å²) >= 11 is 0. The van der Waals surface area contributed by atoms with Crippen molar-refractivity contribution < 1.29 is 9.21 Å². The zero-order chi connectivity index (χ0) is 18.4. The molecule has 5 rings (SSSR count). The van der Waals surface area contributed by atoms with E-state index in [1.54, 1.807) is 24.3 Å². The van der Waals surface area contributed by atoms with E-state index < -0.39 is 11.5 Å². The molecule has 0 radical (unpaired) electrons. The van der Waals surface area contributed by atoms with Crippen molar-refractivity contribution in [3.63, 3.8) is 0 Å². The van der Waals surface area contributed by atoms with E-state index in [2.05, 4.69) is 17.4 Å². The lowest BCUT2D eigenvalue weighted by molar-refractivity contribution is 0.102.